The Hall–Kier alpha value is -8.21. The lowest BCUT2D eigenvalue weighted by atomic mass is 9.88. The van der Waals surface area contributed by atoms with Crippen molar-refractivity contribution in [1.29, 1.82) is 0 Å². The Labute approximate surface area is 352 Å². The van der Waals surface area contributed by atoms with Gasteiger partial charge >= 0.3 is 0 Å². The first-order valence-corrected chi connectivity index (χ1v) is 20.6. The van der Waals surface area contributed by atoms with Crippen LogP contribution in [0.2, 0.25) is 0 Å². The van der Waals surface area contributed by atoms with E-state index in [4.69, 9.17) is 19.4 Å². The molecule has 4 nitrogen and oxygen atoms in total. The topological polar surface area (TPSA) is 51.8 Å². The monoisotopic (exact) mass is 777 g/mol. The van der Waals surface area contributed by atoms with Crippen molar-refractivity contribution in [3.63, 3.8) is 0 Å². The average molecular weight is 778 g/mol. The van der Waals surface area contributed by atoms with Crippen molar-refractivity contribution >= 4 is 54.3 Å². The highest BCUT2D eigenvalue weighted by molar-refractivity contribution is 6.18. The lowest BCUT2D eigenvalue weighted by Crippen LogP contribution is -2.01. The molecule has 284 valence electrons. The van der Waals surface area contributed by atoms with Crippen LogP contribution in [0.25, 0.3) is 122 Å². The summed E-state index contributed by atoms with van der Waals surface area (Å²) in [7, 11) is 0. The quantitative estimate of drug-likeness (QED) is 0.158. The highest BCUT2D eigenvalue weighted by atomic mass is 16.3. The van der Waals surface area contributed by atoms with Crippen molar-refractivity contribution in [1.82, 2.24) is 15.0 Å². The standard InChI is InChI=1S/C57H35N3O/c1-3-15-36(16-4-1)38-19-13-20-39(33-38)40-29-30-41-35-52(45-24-10-9-23-44(45)51(41)34-40)46-31-32-49(43-22-8-7-21-42(43)46)56-58-55(37-17-5-2-6-18-37)59-57(60-56)50-27-14-26-48-47-25-11-12-28-53(47)61-54(48)50/h1-35H. The minimum absolute atomic E-state index is 0.563. The first-order chi connectivity index (χ1) is 30.2. The van der Waals surface area contributed by atoms with Crippen LogP contribution in [0.5, 0.6) is 0 Å². The molecule has 0 unspecified atom stereocenters. The molecule has 12 aromatic rings. The third kappa shape index (κ3) is 5.96. The number of aromatic nitrogens is 3. The molecule has 0 aliphatic rings. The Bertz CT molecular complexity index is 3650. The molecule has 0 aliphatic carbocycles. The first kappa shape index (κ1) is 34.8. The Morgan fingerprint density at radius 2 is 0.787 bits per heavy atom. The Morgan fingerprint density at radius 1 is 0.262 bits per heavy atom. The van der Waals surface area contributed by atoms with Crippen molar-refractivity contribution in [2.45, 2.75) is 0 Å². The molecule has 0 N–H and O–H groups in total. The predicted octanol–water partition coefficient (Wildman–Crippen LogP) is 15.2. The second-order valence-electron chi connectivity index (χ2n) is 15.5. The fraction of sp³-hybridized carbons (Fsp3) is 0. The number of furan rings is 1. The number of nitrogens with zero attached hydrogens (tertiary/aromatic N) is 3. The molecule has 0 radical (unpaired) electrons. The molecule has 4 heteroatoms. The Kier molecular flexibility index (Phi) is 8.13. The largest absolute Gasteiger partial charge is 0.455 e. The fourth-order valence-electron chi connectivity index (χ4n) is 9.00. The Balaban J connectivity index is 1.02. The van der Waals surface area contributed by atoms with E-state index >= 15 is 0 Å². The maximum Gasteiger partial charge on any atom is 0.167 e. The van der Waals surface area contributed by atoms with Crippen molar-refractivity contribution < 1.29 is 4.42 Å². The van der Waals surface area contributed by atoms with Gasteiger partial charge in [-0.25, -0.2) is 15.0 Å². The lowest BCUT2D eigenvalue weighted by Gasteiger charge is -2.16. The van der Waals surface area contributed by atoms with Gasteiger partial charge in [0, 0.05) is 21.9 Å². The summed E-state index contributed by atoms with van der Waals surface area (Å²) in [5.74, 6) is 1.77. The number of benzene rings is 10. The summed E-state index contributed by atoms with van der Waals surface area (Å²) < 4.78 is 6.48. The second-order valence-corrected chi connectivity index (χ2v) is 15.5. The van der Waals surface area contributed by atoms with Crippen LogP contribution in [0.15, 0.2) is 217 Å². The average Bonchev–Trinajstić information content (AvgIpc) is 3.73. The van der Waals surface area contributed by atoms with E-state index in [2.05, 4.69) is 152 Å². The molecule has 0 saturated heterocycles. The number of rotatable bonds is 6. The molecule has 0 aliphatic heterocycles. The van der Waals surface area contributed by atoms with Gasteiger partial charge in [-0.1, -0.05) is 176 Å². The zero-order valence-corrected chi connectivity index (χ0v) is 33.0. The number of hydrogen-bond acceptors (Lipinski definition) is 4. The zero-order valence-electron chi connectivity index (χ0n) is 33.0. The third-order valence-electron chi connectivity index (χ3n) is 11.9. The van der Waals surface area contributed by atoms with Crippen molar-refractivity contribution in [3.8, 4) is 67.5 Å². The lowest BCUT2D eigenvalue weighted by molar-refractivity contribution is 0.669. The van der Waals surface area contributed by atoms with E-state index in [1.54, 1.807) is 0 Å². The van der Waals surface area contributed by atoms with E-state index < -0.39 is 0 Å². The molecular formula is C57H35N3O. The van der Waals surface area contributed by atoms with Crippen LogP contribution in [0, 0.1) is 0 Å². The SMILES string of the molecule is c1ccc(-c2cccc(-c3ccc4cc(-c5ccc(-c6nc(-c7ccccc7)nc(-c7cccc8c7oc7ccccc78)n6)c6ccccc56)c5ccccc5c4c3)c2)cc1. The molecule has 0 saturated carbocycles. The van der Waals surface area contributed by atoms with E-state index in [1.165, 1.54) is 49.4 Å². The summed E-state index contributed by atoms with van der Waals surface area (Å²) in [4.78, 5) is 15.5. The molecule has 0 spiro atoms. The number of hydrogen-bond donors (Lipinski definition) is 0. The van der Waals surface area contributed by atoms with Crippen LogP contribution < -0.4 is 0 Å². The maximum atomic E-state index is 6.48. The van der Waals surface area contributed by atoms with Crippen LogP contribution in [0.4, 0.5) is 0 Å². The van der Waals surface area contributed by atoms with Crippen molar-refractivity contribution in [3.05, 3.63) is 212 Å². The van der Waals surface area contributed by atoms with Gasteiger partial charge in [-0.3, -0.25) is 0 Å². The molecule has 2 aromatic heterocycles. The van der Waals surface area contributed by atoms with Crippen LogP contribution in [0.1, 0.15) is 0 Å². The van der Waals surface area contributed by atoms with E-state index in [0.717, 1.165) is 55.0 Å². The zero-order chi connectivity index (χ0) is 40.3. The molecule has 0 bridgehead atoms. The molecule has 0 atom stereocenters. The summed E-state index contributed by atoms with van der Waals surface area (Å²) in [6.45, 7) is 0. The van der Waals surface area contributed by atoms with Gasteiger partial charge in [0.15, 0.2) is 17.5 Å². The molecular weight excluding hydrogens is 743 g/mol. The second kappa shape index (κ2) is 14.3. The summed E-state index contributed by atoms with van der Waals surface area (Å²) in [5, 5.41) is 9.13. The third-order valence-corrected chi connectivity index (χ3v) is 11.9. The van der Waals surface area contributed by atoms with Crippen LogP contribution >= 0.6 is 0 Å². The summed E-state index contributed by atoms with van der Waals surface area (Å²) in [6, 6.07) is 74.9. The van der Waals surface area contributed by atoms with Crippen molar-refractivity contribution in [2.75, 3.05) is 0 Å². The minimum Gasteiger partial charge on any atom is -0.455 e. The Morgan fingerprint density at radius 3 is 1.56 bits per heavy atom. The van der Waals surface area contributed by atoms with Gasteiger partial charge in [0.2, 0.25) is 0 Å². The van der Waals surface area contributed by atoms with E-state index in [1.807, 2.05) is 60.7 Å². The van der Waals surface area contributed by atoms with Gasteiger partial charge in [-0.2, -0.15) is 0 Å². The smallest absolute Gasteiger partial charge is 0.167 e. The van der Waals surface area contributed by atoms with Crippen molar-refractivity contribution in [2.24, 2.45) is 0 Å². The normalized spacial score (nSPS) is 11.6. The highest BCUT2D eigenvalue weighted by Gasteiger charge is 2.20. The highest BCUT2D eigenvalue weighted by Crippen LogP contribution is 2.42. The molecule has 10 aromatic carbocycles. The van der Waals surface area contributed by atoms with Crippen LogP contribution in [-0.4, -0.2) is 15.0 Å². The predicted molar refractivity (Wildman–Crippen MR) is 252 cm³/mol. The number of fused-ring (bicyclic) bond motifs is 7. The van der Waals surface area contributed by atoms with Gasteiger partial charge in [0.25, 0.3) is 0 Å². The van der Waals surface area contributed by atoms with Gasteiger partial charge < -0.3 is 4.42 Å². The summed E-state index contributed by atoms with van der Waals surface area (Å²) in [6.07, 6.45) is 0. The maximum absolute atomic E-state index is 6.48. The van der Waals surface area contributed by atoms with Gasteiger partial charge in [0.05, 0.1) is 5.56 Å². The van der Waals surface area contributed by atoms with E-state index in [-0.39, 0.29) is 0 Å². The molecule has 2 heterocycles. The molecule has 61 heavy (non-hydrogen) atoms. The first-order valence-electron chi connectivity index (χ1n) is 20.6. The van der Waals surface area contributed by atoms with Crippen LogP contribution in [0.3, 0.4) is 0 Å². The van der Waals surface area contributed by atoms with Gasteiger partial charge in [-0.15, -0.1) is 0 Å². The number of para-hydroxylation sites is 2. The molecule has 12 rings (SSSR count). The molecule has 0 fully saturated rings. The van der Waals surface area contributed by atoms with Gasteiger partial charge in [0.1, 0.15) is 11.2 Å². The summed E-state index contributed by atoms with van der Waals surface area (Å²) >= 11 is 0. The van der Waals surface area contributed by atoms with E-state index in [9.17, 15) is 0 Å². The van der Waals surface area contributed by atoms with Crippen LogP contribution in [-0.2, 0) is 0 Å². The fourth-order valence-corrected chi connectivity index (χ4v) is 9.00. The van der Waals surface area contributed by atoms with Gasteiger partial charge in [-0.05, 0) is 102 Å². The van der Waals surface area contributed by atoms with E-state index in [0.29, 0.717) is 17.5 Å². The summed E-state index contributed by atoms with van der Waals surface area (Å²) in [5.41, 5.74) is 11.4. The minimum atomic E-state index is 0.563. The molecule has 0 amide bonds.